The molecule has 0 saturated carbocycles. The van der Waals surface area contributed by atoms with Gasteiger partial charge in [-0.3, -0.25) is 0 Å². The summed E-state index contributed by atoms with van der Waals surface area (Å²) in [5.74, 6) is -1.15. The van der Waals surface area contributed by atoms with Crippen molar-refractivity contribution in [1.82, 2.24) is 0 Å². The molecule has 1 N–H and O–H groups in total. The average Bonchev–Trinajstić information content (AvgIpc) is 2.05. The summed E-state index contributed by atoms with van der Waals surface area (Å²) < 4.78 is 26.3. The Morgan fingerprint density at radius 3 is 2.54 bits per heavy atom. The van der Waals surface area contributed by atoms with Crippen molar-refractivity contribution in [3.8, 4) is 0 Å². The smallest absolute Gasteiger partial charge is 0.132 e. The SMILES string of the molecule is Cc1ccc(F)c(C[C@@H](C)O)c1F. The van der Waals surface area contributed by atoms with E-state index in [1.807, 2.05) is 0 Å². The first-order valence-corrected chi connectivity index (χ1v) is 4.14. The molecule has 1 nitrogen and oxygen atoms in total. The van der Waals surface area contributed by atoms with Crippen LogP contribution in [0.5, 0.6) is 0 Å². The Balaban J connectivity index is 3.10. The van der Waals surface area contributed by atoms with Crippen LogP contribution in [0.25, 0.3) is 0 Å². The van der Waals surface area contributed by atoms with Crippen molar-refractivity contribution in [2.24, 2.45) is 0 Å². The summed E-state index contributed by atoms with van der Waals surface area (Å²) in [4.78, 5) is 0. The van der Waals surface area contributed by atoms with Gasteiger partial charge >= 0.3 is 0 Å². The lowest BCUT2D eigenvalue weighted by Gasteiger charge is -2.08. The molecule has 0 saturated heterocycles. The van der Waals surface area contributed by atoms with E-state index in [1.54, 1.807) is 6.92 Å². The minimum atomic E-state index is -0.731. The van der Waals surface area contributed by atoms with Crippen molar-refractivity contribution >= 4 is 0 Å². The van der Waals surface area contributed by atoms with Gasteiger partial charge in [-0.1, -0.05) is 6.07 Å². The van der Waals surface area contributed by atoms with E-state index in [-0.39, 0.29) is 12.0 Å². The molecule has 0 unspecified atom stereocenters. The third kappa shape index (κ3) is 2.25. The maximum absolute atomic E-state index is 13.3. The fourth-order valence-electron chi connectivity index (χ4n) is 1.20. The summed E-state index contributed by atoms with van der Waals surface area (Å²) in [7, 11) is 0. The molecule has 1 aromatic rings. The molecule has 1 atom stereocenters. The number of aliphatic hydroxyl groups is 1. The van der Waals surface area contributed by atoms with Crippen molar-refractivity contribution < 1.29 is 13.9 Å². The fraction of sp³-hybridized carbons (Fsp3) is 0.400. The zero-order valence-corrected chi connectivity index (χ0v) is 7.64. The molecule has 3 heteroatoms. The number of halogens is 2. The summed E-state index contributed by atoms with van der Waals surface area (Å²) in [6, 6.07) is 2.60. The Kier molecular flexibility index (Phi) is 2.98. The lowest BCUT2D eigenvalue weighted by atomic mass is 10.0. The number of aliphatic hydroxyl groups excluding tert-OH is 1. The van der Waals surface area contributed by atoms with Crippen LogP contribution in [0.4, 0.5) is 8.78 Å². The summed E-state index contributed by atoms with van der Waals surface area (Å²) in [5.41, 5.74) is 0.368. The van der Waals surface area contributed by atoms with Gasteiger partial charge in [0.15, 0.2) is 0 Å². The molecule has 72 valence electrons. The number of aryl methyl sites for hydroxylation is 1. The Hall–Kier alpha value is -0.960. The van der Waals surface area contributed by atoms with Crippen LogP contribution in [0, 0.1) is 18.6 Å². The van der Waals surface area contributed by atoms with Gasteiger partial charge in [0.05, 0.1) is 6.10 Å². The standard InChI is InChI=1S/C10H12F2O/c1-6-3-4-9(11)8(10(6)12)5-7(2)13/h3-4,7,13H,5H2,1-2H3/t7-/m1/s1. The first-order chi connectivity index (χ1) is 6.02. The van der Waals surface area contributed by atoms with Gasteiger partial charge in [-0.05, 0) is 25.5 Å². The van der Waals surface area contributed by atoms with Crippen LogP contribution in [0.3, 0.4) is 0 Å². The minimum absolute atomic E-state index is 0.0132. The maximum Gasteiger partial charge on any atom is 0.132 e. The van der Waals surface area contributed by atoms with Gasteiger partial charge in [-0.25, -0.2) is 8.78 Å². The number of rotatable bonds is 2. The molecule has 0 heterocycles. The second kappa shape index (κ2) is 3.83. The minimum Gasteiger partial charge on any atom is -0.393 e. The van der Waals surface area contributed by atoms with E-state index in [1.165, 1.54) is 19.1 Å². The zero-order chi connectivity index (χ0) is 10.0. The molecule has 0 aliphatic heterocycles. The van der Waals surface area contributed by atoms with E-state index in [4.69, 9.17) is 5.11 Å². The summed E-state index contributed by atoms with van der Waals surface area (Å²) >= 11 is 0. The maximum atomic E-state index is 13.3. The molecule has 0 aromatic heterocycles. The van der Waals surface area contributed by atoms with Crippen LogP contribution in [0.1, 0.15) is 18.1 Å². The lowest BCUT2D eigenvalue weighted by Crippen LogP contribution is -2.09. The van der Waals surface area contributed by atoms with Crippen LogP contribution in [-0.4, -0.2) is 11.2 Å². The lowest BCUT2D eigenvalue weighted by molar-refractivity contribution is 0.192. The first kappa shape index (κ1) is 10.1. The molecule has 0 spiro atoms. The Labute approximate surface area is 76.0 Å². The molecule has 0 fully saturated rings. The van der Waals surface area contributed by atoms with Crippen LogP contribution in [0.2, 0.25) is 0 Å². The highest BCUT2D eigenvalue weighted by Crippen LogP contribution is 2.17. The van der Waals surface area contributed by atoms with E-state index in [0.717, 1.165) is 0 Å². The van der Waals surface area contributed by atoms with Crippen LogP contribution < -0.4 is 0 Å². The van der Waals surface area contributed by atoms with Crippen molar-refractivity contribution in [3.05, 3.63) is 34.9 Å². The predicted molar refractivity (Wildman–Crippen MR) is 46.5 cm³/mol. The molecule has 1 aromatic carbocycles. The second-order valence-electron chi connectivity index (χ2n) is 3.21. The summed E-state index contributed by atoms with van der Waals surface area (Å²) in [6.45, 7) is 3.07. The van der Waals surface area contributed by atoms with Gasteiger partial charge in [0, 0.05) is 12.0 Å². The number of hydrogen-bond acceptors (Lipinski definition) is 1. The highest BCUT2D eigenvalue weighted by molar-refractivity contribution is 5.26. The van der Waals surface area contributed by atoms with Gasteiger partial charge in [0.25, 0.3) is 0 Å². The summed E-state index contributed by atoms with van der Waals surface area (Å²) in [6.07, 6.45) is -0.718. The topological polar surface area (TPSA) is 20.2 Å². The Bertz CT molecular complexity index is 308. The van der Waals surface area contributed by atoms with Crippen molar-refractivity contribution in [2.75, 3.05) is 0 Å². The third-order valence-corrected chi connectivity index (χ3v) is 1.88. The van der Waals surface area contributed by atoms with Crippen LogP contribution in [-0.2, 0) is 6.42 Å². The quantitative estimate of drug-likeness (QED) is 0.750. The molecule has 0 amide bonds. The van der Waals surface area contributed by atoms with Gasteiger partial charge < -0.3 is 5.11 Å². The predicted octanol–water partition coefficient (Wildman–Crippen LogP) is 2.20. The first-order valence-electron chi connectivity index (χ1n) is 4.14. The number of hydrogen-bond donors (Lipinski definition) is 1. The molecule has 13 heavy (non-hydrogen) atoms. The largest absolute Gasteiger partial charge is 0.393 e. The zero-order valence-electron chi connectivity index (χ0n) is 7.64. The van der Waals surface area contributed by atoms with Crippen molar-refractivity contribution in [3.63, 3.8) is 0 Å². The molecule has 0 radical (unpaired) electrons. The molecule has 0 aliphatic carbocycles. The van der Waals surface area contributed by atoms with E-state index >= 15 is 0 Å². The summed E-state index contributed by atoms with van der Waals surface area (Å²) in [5, 5.41) is 9.01. The Morgan fingerprint density at radius 2 is 2.00 bits per heavy atom. The van der Waals surface area contributed by atoms with Gasteiger partial charge in [0.2, 0.25) is 0 Å². The van der Waals surface area contributed by atoms with Crippen molar-refractivity contribution in [1.29, 1.82) is 0 Å². The highest BCUT2D eigenvalue weighted by atomic mass is 19.1. The molecule has 0 bridgehead atoms. The fourth-order valence-corrected chi connectivity index (χ4v) is 1.20. The molecule has 0 aliphatic rings. The monoisotopic (exact) mass is 186 g/mol. The van der Waals surface area contributed by atoms with Crippen LogP contribution >= 0.6 is 0 Å². The van der Waals surface area contributed by atoms with Gasteiger partial charge in [0.1, 0.15) is 11.6 Å². The van der Waals surface area contributed by atoms with E-state index in [0.29, 0.717) is 5.56 Å². The number of benzene rings is 1. The average molecular weight is 186 g/mol. The van der Waals surface area contributed by atoms with E-state index in [2.05, 4.69) is 0 Å². The van der Waals surface area contributed by atoms with E-state index in [9.17, 15) is 8.78 Å². The highest BCUT2D eigenvalue weighted by Gasteiger charge is 2.12. The van der Waals surface area contributed by atoms with E-state index < -0.39 is 17.7 Å². The normalized spacial score (nSPS) is 13.0. The third-order valence-electron chi connectivity index (χ3n) is 1.88. The van der Waals surface area contributed by atoms with Gasteiger partial charge in [-0.2, -0.15) is 0 Å². The molecular weight excluding hydrogens is 174 g/mol. The van der Waals surface area contributed by atoms with Crippen molar-refractivity contribution in [2.45, 2.75) is 26.4 Å². The Morgan fingerprint density at radius 1 is 1.38 bits per heavy atom. The molecular formula is C10H12F2O. The molecule has 1 rings (SSSR count). The van der Waals surface area contributed by atoms with Gasteiger partial charge in [-0.15, -0.1) is 0 Å². The van der Waals surface area contributed by atoms with Crippen LogP contribution in [0.15, 0.2) is 12.1 Å². The second-order valence-corrected chi connectivity index (χ2v) is 3.21.